The summed E-state index contributed by atoms with van der Waals surface area (Å²) >= 11 is 1.33. The van der Waals surface area contributed by atoms with Crippen LogP contribution in [-0.2, 0) is 17.9 Å². The van der Waals surface area contributed by atoms with Crippen LogP contribution in [0.5, 0.6) is 5.75 Å². The predicted molar refractivity (Wildman–Crippen MR) is 111 cm³/mol. The van der Waals surface area contributed by atoms with Crippen molar-refractivity contribution < 1.29 is 13.9 Å². The Balaban J connectivity index is 1.66. The van der Waals surface area contributed by atoms with E-state index in [0.717, 1.165) is 17.1 Å². The number of nitrogens with zero attached hydrogens (tertiary/aromatic N) is 4. The minimum atomic E-state index is -0.310. The van der Waals surface area contributed by atoms with Crippen LogP contribution < -0.4 is 4.74 Å². The Labute approximate surface area is 173 Å². The molecule has 0 spiro atoms. The van der Waals surface area contributed by atoms with Gasteiger partial charge in [-0.15, -0.1) is 10.2 Å². The molecule has 1 aromatic heterocycles. The highest BCUT2D eigenvalue weighted by Crippen LogP contribution is 2.25. The Hall–Kier alpha value is -2.87. The zero-order chi connectivity index (χ0) is 20.8. The molecule has 0 radical (unpaired) electrons. The zero-order valence-corrected chi connectivity index (χ0v) is 17.4. The van der Waals surface area contributed by atoms with Crippen molar-refractivity contribution in [2.24, 2.45) is 0 Å². The van der Waals surface area contributed by atoms with E-state index in [0.29, 0.717) is 17.3 Å². The lowest BCUT2D eigenvalue weighted by atomic mass is 10.2. The van der Waals surface area contributed by atoms with E-state index in [2.05, 4.69) is 10.2 Å². The third-order valence-corrected chi connectivity index (χ3v) is 5.45. The Morgan fingerprint density at radius 1 is 1.17 bits per heavy atom. The van der Waals surface area contributed by atoms with E-state index >= 15 is 0 Å². The van der Waals surface area contributed by atoms with Gasteiger partial charge in [0, 0.05) is 31.3 Å². The van der Waals surface area contributed by atoms with Crippen LogP contribution in [0.4, 0.5) is 4.39 Å². The van der Waals surface area contributed by atoms with Gasteiger partial charge in [-0.25, -0.2) is 4.39 Å². The number of ether oxygens (including phenoxy) is 1. The van der Waals surface area contributed by atoms with Crippen LogP contribution in [-0.4, -0.2) is 45.5 Å². The number of carbonyl (C=O) groups excluding carboxylic acids is 1. The molecule has 3 rings (SSSR count). The zero-order valence-electron chi connectivity index (χ0n) is 16.6. The molecule has 1 heterocycles. The summed E-state index contributed by atoms with van der Waals surface area (Å²) in [5.74, 6) is 1.30. The normalized spacial score (nSPS) is 10.8. The van der Waals surface area contributed by atoms with Gasteiger partial charge in [0.15, 0.2) is 11.0 Å². The highest BCUT2D eigenvalue weighted by molar-refractivity contribution is 7.99. The molecule has 0 unspecified atom stereocenters. The van der Waals surface area contributed by atoms with E-state index in [-0.39, 0.29) is 24.0 Å². The molecule has 0 fully saturated rings. The van der Waals surface area contributed by atoms with Gasteiger partial charge in [-0.05, 0) is 37.3 Å². The molecule has 0 aliphatic carbocycles. The van der Waals surface area contributed by atoms with E-state index in [1.54, 1.807) is 32.4 Å². The maximum Gasteiger partial charge on any atom is 0.233 e. The summed E-state index contributed by atoms with van der Waals surface area (Å²) in [6.07, 6.45) is 0. The number of aromatic nitrogens is 3. The molecule has 152 valence electrons. The van der Waals surface area contributed by atoms with Crippen molar-refractivity contribution in [3.63, 3.8) is 0 Å². The average molecular weight is 415 g/mol. The van der Waals surface area contributed by atoms with Crippen LogP contribution in [0.25, 0.3) is 11.4 Å². The Kier molecular flexibility index (Phi) is 6.87. The van der Waals surface area contributed by atoms with Crippen LogP contribution in [0.15, 0.2) is 53.7 Å². The molecule has 0 aliphatic rings. The summed E-state index contributed by atoms with van der Waals surface area (Å²) in [5, 5.41) is 9.21. The molecule has 0 N–H and O–H groups in total. The maximum atomic E-state index is 13.8. The monoisotopic (exact) mass is 414 g/mol. The summed E-state index contributed by atoms with van der Waals surface area (Å²) in [4.78, 5) is 14.0. The van der Waals surface area contributed by atoms with Crippen LogP contribution in [0.3, 0.4) is 0 Å². The van der Waals surface area contributed by atoms with E-state index in [9.17, 15) is 9.18 Å². The number of carbonyl (C=O) groups is 1. The van der Waals surface area contributed by atoms with Crippen molar-refractivity contribution in [1.29, 1.82) is 0 Å². The molecule has 0 saturated carbocycles. The van der Waals surface area contributed by atoms with Gasteiger partial charge in [-0.2, -0.15) is 0 Å². The summed E-state index contributed by atoms with van der Waals surface area (Å²) in [6, 6.07) is 14.1. The van der Waals surface area contributed by atoms with Crippen LogP contribution in [0, 0.1) is 5.82 Å². The van der Waals surface area contributed by atoms with Crippen LogP contribution >= 0.6 is 11.8 Å². The Morgan fingerprint density at radius 3 is 2.55 bits per heavy atom. The van der Waals surface area contributed by atoms with Crippen molar-refractivity contribution in [2.45, 2.75) is 25.2 Å². The quantitative estimate of drug-likeness (QED) is 0.524. The molecule has 0 aliphatic heterocycles. The number of thioether (sulfide) groups is 1. The molecule has 1 amide bonds. The third-order valence-electron chi connectivity index (χ3n) is 4.50. The minimum absolute atomic E-state index is 0.102. The fourth-order valence-electron chi connectivity index (χ4n) is 2.84. The van der Waals surface area contributed by atoms with Gasteiger partial charge in [0.1, 0.15) is 11.6 Å². The Morgan fingerprint density at radius 2 is 1.90 bits per heavy atom. The lowest BCUT2D eigenvalue weighted by Crippen LogP contribution is -2.28. The number of methoxy groups -OCH3 is 1. The number of hydrogen-bond acceptors (Lipinski definition) is 5. The van der Waals surface area contributed by atoms with Crippen molar-refractivity contribution in [3.8, 4) is 17.1 Å². The molecule has 29 heavy (non-hydrogen) atoms. The molecule has 0 atom stereocenters. The second-order valence-corrected chi connectivity index (χ2v) is 7.35. The van der Waals surface area contributed by atoms with Crippen molar-refractivity contribution in [1.82, 2.24) is 19.7 Å². The lowest BCUT2D eigenvalue weighted by molar-refractivity contribution is -0.127. The molecule has 0 saturated heterocycles. The maximum absolute atomic E-state index is 13.8. The van der Waals surface area contributed by atoms with Gasteiger partial charge >= 0.3 is 0 Å². The second kappa shape index (κ2) is 9.56. The minimum Gasteiger partial charge on any atom is -0.497 e. The topological polar surface area (TPSA) is 60.2 Å². The Bertz CT molecular complexity index is 975. The highest BCUT2D eigenvalue weighted by Gasteiger charge is 2.17. The predicted octanol–water partition coefficient (Wildman–Crippen LogP) is 3.86. The highest BCUT2D eigenvalue weighted by atomic mass is 32.2. The van der Waals surface area contributed by atoms with E-state index in [1.165, 1.54) is 22.7 Å². The van der Waals surface area contributed by atoms with Gasteiger partial charge < -0.3 is 14.2 Å². The molecule has 2 aromatic carbocycles. The third kappa shape index (κ3) is 4.95. The van der Waals surface area contributed by atoms with Gasteiger partial charge in [-0.1, -0.05) is 30.0 Å². The molecular formula is C21H23FN4O2S. The smallest absolute Gasteiger partial charge is 0.233 e. The van der Waals surface area contributed by atoms with Crippen molar-refractivity contribution >= 4 is 17.7 Å². The van der Waals surface area contributed by atoms with Gasteiger partial charge in [0.2, 0.25) is 5.91 Å². The SMILES string of the molecule is CCn1c(SCC(=O)N(C)Cc2ccccc2F)nnc1-c1ccc(OC)cc1. The largest absolute Gasteiger partial charge is 0.497 e. The van der Waals surface area contributed by atoms with Gasteiger partial charge in [0.05, 0.1) is 12.9 Å². The van der Waals surface area contributed by atoms with Gasteiger partial charge in [0.25, 0.3) is 0 Å². The van der Waals surface area contributed by atoms with Crippen molar-refractivity contribution in [3.05, 3.63) is 59.9 Å². The van der Waals surface area contributed by atoms with E-state index < -0.39 is 0 Å². The average Bonchev–Trinajstić information content (AvgIpc) is 3.16. The van der Waals surface area contributed by atoms with Crippen LogP contribution in [0.2, 0.25) is 0 Å². The first-order valence-corrected chi connectivity index (χ1v) is 10.2. The first-order valence-electron chi connectivity index (χ1n) is 9.21. The molecule has 3 aromatic rings. The van der Waals surface area contributed by atoms with E-state index in [1.807, 2.05) is 35.8 Å². The molecular weight excluding hydrogens is 391 g/mol. The summed E-state index contributed by atoms with van der Waals surface area (Å²) in [5.41, 5.74) is 1.42. The van der Waals surface area contributed by atoms with Crippen LogP contribution in [0.1, 0.15) is 12.5 Å². The first-order chi connectivity index (χ1) is 14.0. The molecule has 8 heteroatoms. The fourth-order valence-corrected chi connectivity index (χ4v) is 3.78. The molecule has 0 bridgehead atoms. The second-order valence-electron chi connectivity index (χ2n) is 6.41. The molecule has 6 nitrogen and oxygen atoms in total. The number of rotatable bonds is 8. The number of halogens is 1. The first kappa shape index (κ1) is 20.9. The standard InChI is InChI=1S/C21H23FN4O2S/c1-4-26-20(15-9-11-17(28-3)12-10-15)23-24-21(26)29-14-19(27)25(2)13-16-7-5-6-8-18(16)22/h5-12H,4,13-14H2,1-3H3. The van der Waals surface area contributed by atoms with Gasteiger partial charge in [-0.3, -0.25) is 4.79 Å². The number of amides is 1. The van der Waals surface area contributed by atoms with E-state index in [4.69, 9.17) is 4.74 Å². The number of hydrogen-bond donors (Lipinski definition) is 0. The summed E-state index contributed by atoms with van der Waals surface area (Å²) in [6.45, 7) is 2.91. The summed E-state index contributed by atoms with van der Waals surface area (Å²) < 4.78 is 21.0. The number of benzene rings is 2. The summed E-state index contributed by atoms with van der Waals surface area (Å²) in [7, 11) is 3.29. The lowest BCUT2D eigenvalue weighted by Gasteiger charge is -2.17. The fraction of sp³-hybridized carbons (Fsp3) is 0.286. The van der Waals surface area contributed by atoms with Crippen molar-refractivity contribution in [2.75, 3.05) is 19.9 Å².